The smallest absolute Gasteiger partial charge is 0.258 e. The van der Waals surface area contributed by atoms with Gasteiger partial charge in [-0.05, 0) is 42.0 Å². The molecule has 0 atom stereocenters. The molecule has 1 aromatic heterocycles. The maximum Gasteiger partial charge on any atom is 0.258 e. The zero-order valence-corrected chi connectivity index (χ0v) is 16.9. The summed E-state index contributed by atoms with van der Waals surface area (Å²) in [5.74, 6) is 1.06. The number of nitrogens with zero attached hydrogens (tertiary/aromatic N) is 1. The van der Waals surface area contributed by atoms with E-state index < -0.39 is 0 Å². The summed E-state index contributed by atoms with van der Waals surface area (Å²) in [6.45, 7) is 7.67. The van der Waals surface area contributed by atoms with Gasteiger partial charge in [0.05, 0.1) is 12.0 Å². The summed E-state index contributed by atoms with van der Waals surface area (Å²) in [4.78, 5) is 13.2. The van der Waals surface area contributed by atoms with Crippen LogP contribution in [0.1, 0.15) is 26.5 Å². The van der Waals surface area contributed by atoms with E-state index in [1.807, 2.05) is 47.9 Å². The van der Waals surface area contributed by atoms with Crippen molar-refractivity contribution in [2.75, 3.05) is 6.61 Å². The molecular weight excluding hydrogens is 360 g/mol. The second-order valence-corrected chi connectivity index (χ2v) is 6.84. The lowest BCUT2D eigenvalue weighted by molar-refractivity contribution is 0.340. The highest BCUT2D eigenvalue weighted by molar-refractivity contribution is 5.98. The van der Waals surface area contributed by atoms with Crippen molar-refractivity contribution < 1.29 is 4.74 Å². The molecule has 0 unspecified atom stereocenters. The number of ether oxygens (including phenoxy) is 1. The SMILES string of the molecule is CCOc1ccc2c(-c3ccccc3)c(CN)n(CC(C)C)c(=O)c2c1.Cl. The van der Waals surface area contributed by atoms with Crippen molar-refractivity contribution in [3.8, 4) is 16.9 Å². The van der Waals surface area contributed by atoms with Crippen molar-refractivity contribution in [3.05, 3.63) is 64.6 Å². The molecule has 0 amide bonds. The Labute approximate surface area is 166 Å². The third-order valence-corrected chi connectivity index (χ3v) is 4.46. The van der Waals surface area contributed by atoms with E-state index >= 15 is 0 Å². The summed E-state index contributed by atoms with van der Waals surface area (Å²) in [6, 6.07) is 15.9. The van der Waals surface area contributed by atoms with Crippen LogP contribution in [0.4, 0.5) is 0 Å². The summed E-state index contributed by atoms with van der Waals surface area (Å²) in [5.41, 5.74) is 9.10. The standard InChI is InChI=1S/C22H26N2O2.ClH/c1-4-26-17-10-11-18-19(12-17)22(25)24(14-15(2)3)20(13-23)21(18)16-8-6-5-7-9-16;/h5-12,15H,4,13-14,23H2,1-3H3;1H. The van der Waals surface area contributed by atoms with Gasteiger partial charge in [0.1, 0.15) is 5.75 Å². The number of benzene rings is 2. The van der Waals surface area contributed by atoms with Crippen molar-refractivity contribution in [2.45, 2.75) is 33.9 Å². The van der Waals surface area contributed by atoms with Crippen LogP contribution in [0, 0.1) is 5.92 Å². The molecule has 0 aliphatic heterocycles. The minimum absolute atomic E-state index is 0. The highest BCUT2D eigenvalue weighted by Crippen LogP contribution is 2.32. The Morgan fingerprint density at radius 1 is 1.07 bits per heavy atom. The van der Waals surface area contributed by atoms with Gasteiger partial charge in [0.15, 0.2) is 0 Å². The Bertz CT molecular complexity index is 965. The molecule has 144 valence electrons. The first-order chi connectivity index (χ1) is 12.6. The van der Waals surface area contributed by atoms with Gasteiger partial charge in [0, 0.05) is 24.3 Å². The number of hydrogen-bond donors (Lipinski definition) is 1. The molecule has 0 saturated carbocycles. The lowest BCUT2D eigenvalue weighted by Crippen LogP contribution is -2.28. The second-order valence-electron chi connectivity index (χ2n) is 6.84. The Kier molecular flexibility index (Phi) is 7.05. The van der Waals surface area contributed by atoms with Crippen LogP contribution in [-0.4, -0.2) is 11.2 Å². The lowest BCUT2D eigenvalue weighted by atomic mass is 9.96. The van der Waals surface area contributed by atoms with E-state index in [0.29, 0.717) is 36.8 Å². The highest BCUT2D eigenvalue weighted by Gasteiger charge is 2.18. The fourth-order valence-corrected chi connectivity index (χ4v) is 3.43. The molecule has 5 heteroatoms. The monoisotopic (exact) mass is 386 g/mol. The summed E-state index contributed by atoms with van der Waals surface area (Å²) >= 11 is 0. The van der Waals surface area contributed by atoms with Crippen LogP contribution < -0.4 is 16.0 Å². The molecule has 2 aromatic carbocycles. The first-order valence-electron chi connectivity index (χ1n) is 9.14. The van der Waals surface area contributed by atoms with Gasteiger partial charge in [-0.25, -0.2) is 0 Å². The van der Waals surface area contributed by atoms with Crippen molar-refractivity contribution in [1.29, 1.82) is 0 Å². The second kappa shape index (κ2) is 9.07. The molecule has 0 aliphatic rings. The van der Waals surface area contributed by atoms with E-state index in [4.69, 9.17) is 10.5 Å². The number of fused-ring (bicyclic) bond motifs is 1. The zero-order chi connectivity index (χ0) is 18.7. The van der Waals surface area contributed by atoms with Crippen LogP contribution >= 0.6 is 12.4 Å². The van der Waals surface area contributed by atoms with E-state index in [1.165, 1.54) is 0 Å². The average molecular weight is 387 g/mol. The maximum absolute atomic E-state index is 13.2. The average Bonchev–Trinajstić information content (AvgIpc) is 2.64. The van der Waals surface area contributed by atoms with Gasteiger partial charge in [0.2, 0.25) is 0 Å². The maximum atomic E-state index is 13.2. The van der Waals surface area contributed by atoms with Gasteiger partial charge in [-0.1, -0.05) is 44.2 Å². The zero-order valence-electron chi connectivity index (χ0n) is 16.1. The van der Waals surface area contributed by atoms with Crippen molar-refractivity contribution in [1.82, 2.24) is 4.57 Å². The molecule has 27 heavy (non-hydrogen) atoms. The number of rotatable bonds is 6. The number of halogens is 1. The molecule has 3 rings (SSSR count). The molecule has 3 aromatic rings. The fourth-order valence-electron chi connectivity index (χ4n) is 3.43. The number of pyridine rings is 1. The van der Waals surface area contributed by atoms with E-state index in [2.05, 4.69) is 26.0 Å². The van der Waals surface area contributed by atoms with Crippen molar-refractivity contribution in [2.24, 2.45) is 11.7 Å². The molecule has 0 radical (unpaired) electrons. The van der Waals surface area contributed by atoms with Gasteiger partial charge < -0.3 is 15.0 Å². The van der Waals surface area contributed by atoms with Crippen LogP contribution in [0.5, 0.6) is 5.75 Å². The van der Waals surface area contributed by atoms with Crippen LogP contribution in [0.15, 0.2) is 53.3 Å². The van der Waals surface area contributed by atoms with Gasteiger partial charge >= 0.3 is 0 Å². The fraction of sp³-hybridized carbons (Fsp3) is 0.318. The van der Waals surface area contributed by atoms with E-state index in [9.17, 15) is 4.79 Å². The summed E-state index contributed by atoms with van der Waals surface area (Å²) < 4.78 is 7.46. The van der Waals surface area contributed by atoms with Crippen LogP contribution in [-0.2, 0) is 13.1 Å². The Hall–Kier alpha value is -2.30. The largest absolute Gasteiger partial charge is 0.494 e. The lowest BCUT2D eigenvalue weighted by Gasteiger charge is -2.21. The Balaban J connectivity index is 0.00000261. The molecule has 0 aliphatic carbocycles. The predicted octanol–water partition coefficient (Wildman–Crippen LogP) is 4.60. The summed E-state index contributed by atoms with van der Waals surface area (Å²) in [6.07, 6.45) is 0. The van der Waals surface area contributed by atoms with Gasteiger partial charge in [-0.15, -0.1) is 12.4 Å². The first kappa shape index (κ1) is 21.0. The van der Waals surface area contributed by atoms with Crippen LogP contribution in [0.3, 0.4) is 0 Å². The third kappa shape index (κ3) is 4.18. The van der Waals surface area contributed by atoms with Gasteiger partial charge in [-0.2, -0.15) is 0 Å². The summed E-state index contributed by atoms with van der Waals surface area (Å²) in [7, 11) is 0. The molecule has 0 bridgehead atoms. The quantitative estimate of drug-likeness (QED) is 0.673. The molecule has 4 nitrogen and oxygen atoms in total. The minimum atomic E-state index is -0.00427. The summed E-state index contributed by atoms with van der Waals surface area (Å²) in [5, 5.41) is 1.60. The van der Waals surface area contributed by atoms with Crippen molar-refractivity contribution >= 4 is 23.2 Å². The normalized spacial score (nSPS) is 10.9. The van der Waals surface area contributed by atoms with Crippen LogP contribution in [0.25, 0.3) is 21.9 Å². The number of nitrogens with two attached hydrogens (primary N) is 1. The van der Waals surface area contributed by atoms with Gasteiger partial charge in [-0.3, -0.25) is 4.79 Å². The first-order valence-corrected chi connectivity index (χ1v) is 9.14. The molecule has 0 saturated heterocycles. The molecule has 2 N–H and O–H groups in total. The Morgan fingerprint density at radius 3 is 2.37 bits per heavy atom. The number of hydrogen-bond acceptors (Lipinski definition) is 3. The van der Waals surface area contributed by atoms with E-state index in [-0.39, 0.29) is 18.0 Å². The molecule has 0 spiro atoms. The predicted molar refractivity (Wildman–Crippen MR) is 115 cm³/mol. The molecule has 0 fully saturated rings. The van der Waals surface area contributed by atoms with Crippen molar-refractivity contribution in [3.63, 3.8) is 0 Å². The number of aromatic nitrogens is 1. The van der Waals surface area contributed by atoms with E-state index in [1.54, 1.807) is 0 Å². The molecular formula is C22H27ClN2O2. The topological polar surface area (TPSA) is 57.2 Å². The highest BCUT2D eigenvalue weighted by atomic mass is 35.5. The third-order valence-electron chi connectivity index (χ3n) is 4.46. The van der Waals surface area contributed by atoms with Crippen LogP contribution in [0.2, 0.25) is 0 Å². The Morgan fingerprint density at radius 2 is 1.78 bits per heavy atom. The minimum Gasteiger partial charge on any atom is -0.494 e. The van der Waals surface area contributed by atoms with Gasteiger partial charge in [0.25, 0.3) is 5.56 Å². The van der Waals surface area contributed by atoms with E-state index in [0.717, 1.165) is 22.2 Å². The molecule has 1 heterocycles.